The number of aryl methyl sites for hydroxylation is 2. The molecule has 2 aliphatic heterocycles. The molecule has 0 radical (unpaired) electrons. The minimum Gasteiger partial charge on any atom is -0.396 e. The Kier molecular flexibility index (Phi) is 5.04. The monoisotopic (exact) mass is 367 g/mol. The third-order valence-corrected chi connectivity index (χ3v) is 6.54. The molecule has 3 atom stereocenters. The molecule has 144 valence electrons. The van der Waals surface area contributed by atoms with Gasteiger partial charge in [-0.2, -0.15) is 0 Å². The second-order valence-corrected chi connectivity index (χ2v) is 8.08. The van der Waals surface area contributed by atoms with E-state index in [1.807, 2.05) is 24.4 Å². The number of nitrogens with zero attached hydrogens (tertiary/aromatic N) is 3. The van der Waals surface area contributed by atoms with E-state index in [0.29, 0.717) is 13.0 Å². The molecule has 5 heteroatoms. The number of aliphatic hydroxyl groups is 1. The standard InChI is InChI=1S/C22H29N3O2/c1-2-20-23-11-13-24(20)12-10-21(27)25-18-8-9-19(25)22(15-18,16-26)14-17-6-4-3-5-7-17/h3-7,11,13,18-19,26H,2,8-10,12,14-16H2,1H3/t18-,19+,22-/m0/s1. The molecular formula is C22H29N3O2. The fourth-order valence-electron chi connectivity index (χ4n) is 5.29. The average Bonchev–Trinajstić information content (AvgIpc) is 3.40. The van der Waals surface area contributed by atoms with Crippen LogP contribution in [0.15, 0.2) is 42.7 Å². The highest BCUT2D eigenvalue weighted by atomic mass is 16.3. The summed E-state index contributed by atoms with van der Waals surface area (Å²) in [4.78, 5) is 19.5. The van der Waals surface area contributed by atoms with Gasteiger partial charge in [0.05, 0.1) is 6.61 Å². The van der Waals surface area contributed by atoms with Crippen LogP contribution in [-0.2, 0) is 24.2 Å². The van der Waals surface area contributed by atoms with Gasteiger partial charge in [0.2, 0.25) is 5.91 Å². The first kappa shape index (κ1) is 18.2. The zero-order chi connectivity index (χ0) is 18.9. The number of aliphatic hydroxyl groups excluding tert-OH is 1. The van der Waals surface area contributed by atoms with Gasteiger partial charge in [0.15, 0.2) is 0 Å². The van der Waals surface area contributed by atoms with Crippen LogP contribution in [0.4, 0.5) is 0 Å². The van der Waals surface area contributed by atoms with Crippen LogP contribution in [0.5, 0.6) is 0 Å². The van der Waals surface area contributed by atoms with Crippen LogP contribution in [0.1, 0.15) is 44.0 Å². The molecular weight excluding hydrogens is 338 g/mol. The Bertz CT molecular complexity index is 788. The average molecular weight is 367 g/mol. The van der Waals surface area contributed by atoms with Crippen molar-refractivity contribution in [1.29, 1.82) is 0 Å². The number of aromatic nitrogens is 2. The predicted octanol–water partition coefficient (Wildman–Crippen LogP) is 2.82. The van der Waals surface area contributed by atoms with Gasteiger partial charge in [0, 0.05) is 49.3 Å². The quantitative estimate of drug-likeness (QED) is 0.819. The minimum atomic E-state index is -0.191. The second kappa shape index (κ2) is 7.47. The summed E-state index contributed by atoms with van der Waals surface area (Å²) in [5.74, 6) is 1.25. The van der Waals surface area contributed by atoms with E-state index in [0.717, 1.165) is 37.9 Å². The number of rotatable bonds is 7. The van der Waals surface area contributed by atoms with Crippen LogP contribution >= 0.6 is 0 Å². The van der Waals surface area contributed by atoms with Crippen LogP contribution < -0.4 is 0 Å². The van der Waals surface area contributed by atoms with Gasteiger partial charge >= 0.3 is 0 Å². The van der Waals surface area contributed by atoms with E-state index in [2.05, 4.69) is 33.5 Å². The van der Waals surface area contributed by atoms with Crippen molar-refractivity contribution < 1.29 is 9.90 Å². The molecule has 0 aliphatic carbocycles. The van der Waals surface area contributed by atoms with Crippen LogP contribution in [0.25, 0.3) is 0 Å². The summed E-state index contributed by atoms with van der Waals surface area (Å²) in [6, 6.07) is 10.8. The van der Waals surface area contributed by atoms with Crippen molar-refractivity contribution >= 4 is 5.91 Å². The predicted molar refractivity (Wildman–Crippen MR) is 104 cm³/mol. The molecule has 2 bridgehead atoms. The number of hydrogen-bond acceptors (Lipinski definition) is 3. The first-order valence-electron chi connectivity index (χ1n) is 10.1. The Morgan fingerprint density at radius 1 is 1.30 bits per heavy atom. The molecule has 27 heavy (non-hydrogen) atoms. The lowest BCUT2D eigenvalue weighted by molar-refractivity contribution is -0.133. The van der Waals surface area contributed by atoms with Crippen LogP contribution in [0.3, 0.4) is 0 Å². The number of carbonyl (C=O) groups is 1. The number of imidazole rings is 1. The topological polar surface area (TPSA) is 58.4 Å². The fourth-order valence-corrected chi connectivity index (χ4v) is 5.29. The third kappa shape index (κ3) is 3.29. The zero-order valence-corrected chi connectivity index (χ0v) is 16.1. The summed E-state index contributed by atoms with van der Waals surface area (Å²) in [7, 11) is 0. The van der Waals surface area contributed by atoms with E-state index >= 15 is 0 Å². The molecule has 5 nitrogen and oxygen atoms in total. The Labute approximate surface area is 161 Å². The second-order valence-electron chi connectivity index (χ2n) is 8.08. The van der Waals surface area contributed by atoms with Gasteiger partial charge in [-0.25, -0.2) is 4.98 Å². The van der Waals surface area contributed by atoms with E-state index in [1.165, 1.54) is 5.56 Å². The highest BCUT2D eigenvalue weighted by molar-refractivity contribution is 5.78. The van der Waals surface area contributed by atoms with Crippen molar-refractivity contribution in [2.75, 3.05) is 6.61 Å². The van der Waals surface area contributed by atoms with E-state index in [1.54, 1.807) is 6.20 Å². The van der Waals surface area contributed by atoms with Gasteiger partial charge in [0.1, 0.15) is 5.82 Å². The van der Waals surface area contributed by atoms with E-state index < -0.39 is 0 Å². The van der Waals surface area contributed by atoms with Crippen LogP contribution in [-0.4, -0.2) is 44.2 Å². The van der Waals surface area contributed by atoms with Crippen molar-refractivity contribution in [2.45, 2.75) is 64.1 Å². The van der Waals surface area contributed by atoms with Crippen molar-refractivity contribution in [3.05, 3.63) is 54.1 Å². The third-order valence-electron chi connectivity index (χ3n) is 6.54. The molecule has 1 aromatic carbocycles. The number of hydrogen-bond donors (Lipinski definition) is 1. The summed E-state index contributed by atoms with van der Waals surface area (Å²) < 4.78 is 2.08. The molecule has 3 heterocycles. The summed E-state index contributed by atoms with van der Waals surface area (Å²) >= 11 is 0. The van der Waals surface area contributed by atoms with Gasteiger partial charge in [-0.3, -0.25) is 4.79 Å². The molecule has 1 N–H and O–H groups in total. The molecule has 1 aromatic heterocycles. The molecule has 2 aromatic rings. The largest absolute Gasteiger partial charge is 0.396 e. The maximum atomic E-state index is 13.1. The van der Waals surface area contributed by atoms with Gasteiger partial charge in [-0.15, -0.1) is 0 Å². The Balaban J connectivity index is 1.47. The van der Waals surface area contributed by atoms with Crippen molar-refractivity contribution in [2.24, 2.45) is 5.41 Å². The summed E-state index contributed by atoms with van der Waals surface area (Å²) in [6.45, 7) is 2.91. The van der Waals surface area contributed by atoms with E-state index in [9.17, 15) is 9.90 Å². The van der Waals surface area contributed by atoms with E-state index in [4.69, 9.17) is 0 Å². The Morgan fingerprint density at radius 3 is 2.85 bits per heavy atom. The normalized spacial score (nSPS) is 26.7. The fraction of sp³-hybridized carbons (Fsp3) is 0.545. The molecule has 2 fully saturated rings. The summed E-state index contributed by atoms with van der Waals surface area (Å²) in [6.07, 6.45) is 8.98. The first-order chi connectivity index (χ1) is 13.2. The summed E-state index contributed by atoms with van der Waals surface area (Å²) in [5.41, 5.74) is 1.06. The molecule has 1 amide bonds. The number of amides is 1. The first-order valence-corrected chi connectivity index (χ1v) is 10.1. The Morgan fingerprint density at radius 2 is 2.11 bits per heavy atom. The van der Waals surface area contributed by atoms with Crippen LogP contribution in [0, 0.1) is 5.41 Å². The number of fused-ring (bicyclic) bond motifs is 2. The Hall–Kier alpha value is -2.14. The maximum Gasteiger partial charge on any atom is 0.224 e. The molecule has 0 spiro atoms. The molecule has 2 saturated heterocycles. The minimum absolute atomic E-state index is 0.147. The SMILES string of the molecule is CCc1nccn1CCC(=O)N1[C@H]2CC[C@@H]1[C@@](CO)(Cc1ccccc1)C2. The van der Waals surface area contributed by atoms with Gasteiger partial charge in [-0.05, 0) is 31.2 Å². The van der Waals surface area contributed by atoms with Crippen molar-refractivity contribution in [1.82, 2.24) is 14.5 Å². The van der Waals surface area contributed by atoms with Crippen LogP contribution in [0.2, 0.25) is 0 Å². The van der Waals surface area contributed by atoms with Gasteiger partial charge in [0.25, 0.3) is 0 Å². The number of benzene rings is 1. The molecule has 2 aliphatic rings. The lowest BCUT2D eigenvalue weighted by atomic mass is 9.70. The van der Waals surface area contributed by atoms with Crippen molar-refractivity contribution in [3.8, 4) is 0 Å². The van der Waals surface area contributed by atoms with Crippen molar-refractivity contribution in [3.63, 3.8) is 0 Å². The molecule has 4 rings (SSSR count). The molecule has 0 saturated carbocycles. The lowest BCUT2D eigenvalue weighted by Crippen LogP contribution is -2.44. The lowest BCUT2D eigenvalue weighted by Gasteiger charge is -2.36. The zero-order valence-electron chi connectivity index (χ0n) is 16.1. The van der Waals surface area contributed by atoms with Gasteiger partial charge in [-0.1, -0.05) is 37.3 Å². The highest BCUT2D eigenvalue weighted by Gasteiger charge is 2.56. The van der Waals surface area contributed by atoms with Gasteiger partial charge < -0.3 is 14.6 Å². The highest BCUT2D eigenvalue weighted by Crippen LogP contribution is 2.51. The number of carbonyl (C=O) groups excluding carboxylic acids is 1. The van der Waals surface area contributed by atoms with E-state index in [-0.39, 0.29) is 30.0 Å². The summed E-state index contributed by atoms with van der Waals surface area (Å²) in [5, 5.41) is 10.3. The smallest absolute Gasteiger partial charge is 0.224 e. The molecule has 0 unspecified atom stereocenters. The maximum absolute atomic E-state index is 13.1.